The van der Waals surface area contributed by atoms with Gasteiger partial charge in [0.2, 0.25) is 0 Å². The molecule has 3 nitrogen and oxygen atoms in total. The minimum absolute atomic E-state index is 0.0479. The summed E-state index contributed by atoms with van der Waals surface area (Å²) in [5.74, 6) is 0.418. The van der Waals surface area contributed by atoms with Crippen molar-refractivity contribution in [1.29, 1.82) is 0 Å². The van der Waals surface area contributed by atoms with Crippen LogP contribution in [0.3, 0.4) is 0 Å². The summed E-state index contributed by atoms with van der Waals surface area (Å²) < 4.78 is 28.1. The topological polar surface area (TPSA) is 43.4 Å². The highest BCUT2D eigenvalue weighted by molar-refractivity contribution is 8.13. The highest BCUT2D eigenvalue weighted by Crippen LogP contribution is 2.29. The predicted molar refractivity (Wildman–Crippen MR) is 84.7 cm³/mol. The van der Waals surface area contributed by atoms with E-state index in [0.717, 1.165) is 16.7 Å². The maximum Gasteiger partial charge on any atom is 0.261 e. The van der Waals surface area contributed by atoms with E-state index in [1.54, 1.807) is 0 Å². The summed E-state index contributed by atoms with van der Waals surface area (Å²) in [6, 6.07) is 10.3. The third-order valence-electron chi connectivity index (χ3n) is 3.07. The molecule has 6 heteroatoms. The molecule has 0 N–H and O–H groups in total. The van der Waals surface area contributed by atoms with Crippen molar-refractivity contribution in [3.63, 3.8) is 0 Å². The Balaban J connectivity index is 2.19. The van der Waals surface area contributed by atoms with E-state index in [1.807, 2.05) is 32.0 Å². The lowest BCUT2D eigenvalue weighted by atomic mass is 10.1. The van der Waals surface area contributed by atoms with Crippen molar-refractivity contribution in [2.45, 2.75) is 25.3 Å². The molecule has 0 heterocycles. The molecule has 0 radical (unpaired) electrons. The molecular formula is C15H14Cl2O3S. The van der Waals surface area contributed by atoms with Crippen LogP contribution in [0.4, 0.5) is 0 Å². The van der Waals surface area contributed by atoms with Gasteiger partial charge in [-0.1, -0.05) is 35.4 Å². The quantitative estimate of drug-likeness (QED) is 0.768. The van der Waals surface area contributed by atoms with Gasteiger partial charge in [-0.2, -0.15) is 0 Å². The van der Waals surface area contributed by atoms with Gasteiger partial charge in [0.25, 0.3) is 9.05 Å². The number of halogens is 2. The maximum atomic E-state index is 11.2. The molecule has 112 valence electrons. The second-order valence-corrected chi connectivity index (χ2v) is 7.72. The fourth-order valence-electron chi connectivity index (χ4n) is 1.86. The van der Waals surface area contributed by atoms with Crippen molar-refractivity contribution >= 4 is 31.3 Å². The largest absolute Gasteiger partial charge is 0.487 e. The molecule has 0 aromatic heterocycles. The predicted octanol–water partition coefficient (Wildman–Crippen LogP) is 4.46. The summed E-state index contributed by atoms with van der Waals surface area (Å²) in [5.41, 5.74) is 3.32. The van der Waals surface area contributed by atoms with Gasteiger partial charge in [0.05, 0.1) is 9.92 Å². The van der Waals surface area contributed by atoms with Crippen LogP contribution in [0.1, 0.15) is 16.7 Å². The van der Waals surface area contributed by atoms with Gasteiger partial charge in [-0.15, -0.1) is 0 Å². The highest BCUT2D eigenvalue weighted by atomic mass is 35.7. The lowest BCUT2D eigenvalue weighted by molar-refractivity contribution is 0.305. The zero-order valence-electron chi connectivity index (χ0n) is 11.6. The molecule has 0 aliphatic rings. The van der Waals surface area contributed by atoms with Gasteiger partial charge in [0.15, 0.2) is 0 Å². The second kappa shape index (κ2) is 6.26. The van der Waals surface area contributed by atoms with Crippen LogP contribution in [0.5, 0.6) is 5.75 Å². The molecule has 0 unspecified atom stereocenters. The molecule has 0 amide bonds. The molecule has 0 fully saturated rings. The molecular weight excluding hydrogens is 331 g/mol. The maximum absolute atomic E-state index is 11.2. The Kier molecular flexibility index (Phi) is 4.81. The van der Waals surface area contributed by atoms with Crippen LogP contribution in [0.2, 0.25) is 5.02 Å². The zero-order valence-corrected chi connectivity index (χ0v) is 13.9. The smallest absolute Gasteiger partial charge is 0.261 e. The Labute approximate surface area is 133 Å². The average molecular weight is 345 g/mol. The summed E-state index contributed by atoms with van der Waals surface area (Å²) in [5, 5.41) is 0.210. The lowest BCUT2D eigenvalue weighted by Crippen LogP contribution is -1.99. The molecule has 0 bridgehead atoms. The Morgan fingerprint density at radius 1 is 1.10 bits per heavy atom. The summed E-state index contributed by atoms with van der Waals surface area (Å²) in [6.07, 6.45) is 0. The molecule has 0 spiro atoms. The van der Waals surface area contributed by atoms with Gasteiger partial charge in [0.1, 0.15) is 12.4 Å². The van der Waals surface area contributed by atoms with E-state index < -0.39 is 9.05 Å². The lowest BCUT2D eigenvalue weighted by Gasteiger charge is -2.11. The van der Waals surface area contributed by atoms with Crippen molar-refractivity contribution in [3.8, 4) is 5.75 Å². The van der Waals surface area contributed by atoms with Crippen molar-refractivity contribution in [2.75, 3.05) is 0 Å². The molecule has 0 aliphatic carbocycles. The fraction of sp³-hybridized carbons (Fsp3) is 0.200. The number of rotatable bonds is 4. The Morgan fingerprint density at radius 3 is 2.43 bits per heavy atom. The number of hydrogen-bond acceptors (Lipinski definition) is 3. The number of benzene rings is 2. The normalized spacial score (nSPS) is 11.4. The van der Waals surface area contributed by atoms with E-state index >= 15 is 0 Å². The van der Waals surface area contributed by atoms with Crippen molar-refractivity contribution in [2.24, 2.45) is 0 Å². The SMILES string of the molecule is Cc1ccc(C)c(COc2ccc(S(=O)(=O)Cl)cc2Cl)c1. The molecule has 0 saturated heterocycles. The van der Waals surface area contributed by atoms with E-state index in [4.69, 9.17) is 27.0 Å². The van der Waals surface area contributed by atoms with Crippen LogP contribution in [0, 0.1) is 13.8 Å². The summed E-state index contributed by atoms with van der Waals surface area (Å²) >= 11 is 6.02. The van der Waals surface area contributed by atoms with Gasteiger partial charge in [-0.3, -0.25) is 0 Å². The highest BCUT2D eigenvalue weighted by Gasteiger charge is 2.13. The second-order valence-electron chi connectivity index (χ2n) is 4.75. The number of hydrogen-bond donors (Lipinski definition) is 0. The zero-order chi connectivity index (χ0) is 15.6. The van der Waals surface area contributed by atoms with E-state index in [1.165, 1.54) is 18.2 Å². The molecule has 0 saturated carbocycles. The van der Waals surface area contributed by atoms with E-state index in [9.17, 15) is 8.42 Å². The van der Waals surface area contributed by atoms with Crippen LogP contribution in [0.25, 0.3) is 0 Å². The van der Waals surface area contributed by atoms with E-state index in [2.05, 4.69) is 0 Å². The molecule has 2 aromatic carbocycles. The molecule has 0 aliphatic heterocycles. The van der Waals surface area contributed by atoms with Crippen LogP contribution in [0.15, 0.2) is 41.3 Å². The fourth-order valence-corrected chi connectivity index (χ4v) is 2.94. The third-order valence-corrected chi connectivity index (χ3v) is 4.72. The monoisotopic (exact) mass is 344 g/mol. The standard InChI is InChI=1S/C15H14Cl2O3S/c1-10-3-4-11(2)12(7-10)9-20-15-6-5-13(8-14(15)16)21(17,18)19/h3-8H,9H2,1-2H3. The van der Waals surface area contributed by atoms with Crippen molar-refractivity contribution in [3.05, 3.63) is 58.1 Å². The van der Waals surface area contributed by atoms with Gasteiger partial charge in [0, 0.05) is 10.7 Å². The first-order valence-electron chi connectivity index (χ1n) is 6.20. The van der Waals surface area contributed by atoms with E-state index in [-0.39, 0.29) is 9.92 Å². The number of aryl methyl sites for hydroxylation is 2. The van der Waals surface area contributed by atoms with Gasteiger partial charge in [-0.05, 0) is 43.2 Å². The van der Waals surface area contributed by atoms with Crippen LogP contribution in [-0.2, 0) is 15.7 Å². The Hall–Kier alpha value is -1.23. The Bertz CT molecular complexity index is 770. The number of ether oxygens (including phenoxy) is 1. The van der Waals surface area contributed by atoms with Gasteiger partial charge >= 0.3 is 0 Å². The summed E-state index contributed by atoms with van der Waals surface area (Å²) in [6.45, 7) is 4.37. The third kappa shape index (κ3) is 4.13. The molecule has 2 aromatic rings. The first-order chi connectivity index (χ1) is 9.77. The average Bonchev–Trinajstić information content (AvgIpc) is 2.40. The first-order valence-corrected chi connectivity index (χ1v) is 8.89. The van der Waals surface area contributed by atoms with Crippen LogP contribution in [-0.4, -0.2) is 8.42 Å². The summed E-state index contributed by atoms with van der Waals surface area (Å²) in [4.78, 5) is -0.0479. The Morgan fingerprint density at radius 2 is 1.81 bits per heavy atom. The van der Waals surface area contributed by atoms with Crippen molar-refractivity contribution < 1.29 is 13.2 Å². The molecule has 0 atom stereocenters. The molecule has 21 heavy (non-hydrogen) atoms. The van der Waals surface area contributed by atoms with Gasteiger partial charge < -0.3 is 4.74 Å². The van der Waals surface area contributed by atoms with E-state index in [0.29, 0.717) is 12.4 Å². The van der Waals surface area contributed by atoms with Crippen LogP contribution < -0.4 is 4.74 Å². The van der Waals surface area contributed by atoms with Crippen LogP contribution >= 0.6 is 22.3 Å². The first kappa shape index (κ1) is 16.1. The molecule has 2 rings (SSSR count). The van der Waals surface area contributed by atoms with Gasteiger partial charge in [-0.25, -0.2) is 8.42 Å². The summed E-state index contributed by atoms with van der Waals surface area (Å²) in [7, 11) is 1.48. The minimum Gasteiger partial charge on any atom is -0.487 e. The van der Waals surface area contributed by atoms with Crippen molar-refractivity contribution in [1.82, 2.24) is 0 Å². The minimum atomic E-state index is -3.79.